The van der Waals surface area contributed by atoms with Crippen LogP contribution >= 0.6 is 27.3 Å². The molecular weight excluding hydrogens is 418 g/mol. The third-order valence-corrected chi connectivity index (χ3v) is 5.77. The first-order valence-electron chi connectivity index (χ1n) is 8.48. The van der Waals surface area contributed by atoms with Crippen molar-refractivity contribution in [2.75, 3.05) is 13.1 Å². The molecule has 3 heterocycles. The van der Waals surface area contributed by atoms with Gasteiger partial charge < -0.3 is 4.57 Å². The van der Waals surface area contributed by atoms with E-state index in [4.69, 9.17) is 0 Å². The molecule has 0 aromatic carbocycles. The van der Waals surface area contributed by atoms with Crippen LogP contribution in [0.2, 0.25) is 0 Å². The number of rotatable bonds is 4. The topological polar surface area (TPSA) is 79.3 Å². The van der Waals surface area contributed by atoms with Gasteiger partial charge in [0.25, 0.3) is 5.91 Å². The first-order chi connectivity index (χ1) is 12.4. The zero-order chi connectivity index (χ0) is 18.7. The third kappa shape index (κ3) is 4.72. The minimum atomic E-state index is -0.331. The second-order valence-corrected chi connectivity index (χ2v) is 8.48. The number of likely N-dealkylation sites (tertiary alicyclic amines) is 1. The van der Waals surface area contributed by atoms with Crippen molar-refractivity contribution in [3.8, 4) is 0 Å². The van der Waals surface area contributed by atoms with Gasteiger partial charge in [0.1, 0.15) is 5.69 Å². The first kappa shape index (κ1) is 19.1. The molecule has 1 saturated heterocycles. The van der Waals surface area contributed by atoms with Crippen LogP contribution in [0.3, 0.4) is 0 Å². The maximum absolute atomic E-state index is 12.3. The number of amides is 2. The van der Waals surface area contributed by atoms with Crippen molar-refractivity contribution < 1.29 is 9.59 Å². The highest BCUT2D eigenvalue weighted by Gasteiger charge is 2.25. The van der Waals surface area contributed by atoms with E-state index < -0.39 is 0 Å². The van der Waals surface area contributed by atoms with E-state index in [0.717, 1.165) is 47.7 Å². The summed E-state index contributed by atoms with van der Waals surface area (Å²) in [6, 6.07) is 1.71. The summed E-state index contributed by atoms with van der Waals surface area (Å²) in [5.41, 5.74) is 6.63. The summed E-state index contributed by atoms with van der Waals surface area (Å²) in [4.78, 5) is 31.3. The first-order valence-corrected chi connectivity index (χ1v) is 10.1. The quantitative estimate of drug-likeness (QED) is 0.715. The number of aromatic nitrogens is 2. The Morgan fingerprint density at radius 2 is 2.08 bits per heavy atom. The Balaban J connectivity index is 1.43. The SMILES string of the molecule is Cc1nc(CN2CCC(C(=O)NNC(=O)c3cc(Br)cn3C)CC2)cs1. The van der Waals surface area contributed by atoms with Gasteiger partial charge in [-0.15, -0.1) is 11.3 Å². The van der Waals surface area contributed by atoms with E-state index in [1.54, 1.807) is 35.2 Å². The smallest absolute Gasteiger partial charge is 0.286 e. The molecule has 2 N–H and O–H groups in total. The fourth-order valence-electron chi connectivity index (χ4n) is 3.10. The van der Waals surface area contributed by atoms with Gasteiger partial charge in [0.05, 0.1) is 10.7 Å². The summed E-state index contributed by atoms with van der Waals surface area (Å²) in [5, 5.41) is 3.17. The molecular formula is C17H22BrN5O2S. The number of carbonyl (C=O) groups is 2. The van der Waals surface area contributed by atoms with Gasteiger partial charge in [-0.25, -0.2) is 4.98 Å². The van der Waals surface area contributed by atoms with Gasteiger partial charge in [0.15, 0.2) is 0 Å². The molecule has 0 spiro atoms. The number of piperidine rings is 1. The molecule has 0 bridgehead atoms. The second-order valence-electron chi connectivity index (χ2n) is 6.51. The minimum Gasteiger partial charge on any atom is -0.345 e. The van der Waals surface area contributed by atoms with Crippen LogP contribution in [0, 0.1) is 12.8 Å². The minimum absolute atomic E-state index is 0.0798. The number of hydrazine groups is 1. The van der Waals surface area contributed by atoms with Crippen molar-refractivity contribution in [2.45, 2.75) is 26.3 Å². The summed E-state index contributed by atoms with van der Waals surface area (Å²) >= 11 is 4.99. The van der Waals surface area contributed by atoms with Crippen molar-refractivity contribution in [1.82, 2.24) is 25.3 Å². The molecule has 2 aromatic heterocycles. The van der Waals surface area contributed by atoms with Crippen molar-refractivity contribution in [1.29, 1.82) is 0 Å². The van der Waals surface area contributed by atoms with Gasteiger partial charge in [-0.2, -0.15) is 0 Å². The van der Waals surface area contributed by atoms with Crippen LogP contribution in [-0.4, -0.2) is 39.4 Å². The van der Waals surface area contributed by atoms with Crippen LogP contribution in [0.4, 0.5) is 0 Å². The Morgan fingerprint density at radius 1 is 1.35 bits per heavy atom. The molecule has 0 atom stereocenters. The number of hydrogen-bond acceptors (Lipinski definition) is 5. The van der Waals surface area contributed by atoms with E-state index in [1.807, 2.05) is 6.92 Å². The van der Waals surface area contributed by atoms with Gasteiger partial charge in [0.2, 0.25) is 5.91 Å². The molecule has 7 nitrogen and oxygen atoms in total. The Kier molecular flexibility index (Phi) is 6.10. The van der Waals surface area contributed by atoms with Crippen LogP contribution in [0.5, 0.6) is 0 Å². The van der Waals surface area contributed by atoms with Crippen molar-refractivity contribution in [3.05, 3.63) is 38.5 Å². The predicted molar refractivity (Wildman–Crippen MR) is 104 cm³/mol. The summed E-state index contributed by atoms with van der Waals surface area (Å²) < 4.78 is 2.52. The number of thiazole rings is 1. The lowest BCUT2D eigenvalue weighted by atomic mass is 9.96. The average molecular weight is 440 g/mol. The molecule has 0 saturated carbocycles. The second kappa shape index (κ2) is 8.32. The standard InChI is InChI=1S/C17H22BrN5O2S/c1-11-19-14(10-26-11)9-23-5-3-12(4-6-23)16(24)20-21-17(25)15-7-13(18)8-22(15)2/h7-8,10,12H,3-6,9H2,1-2H3,(H,20,24)(H,21,25). The lowest BCUT2D eigenvalue weighted by Crippen LogP contribution is -2.47. The Hall–Kier alpha value is -1.71. The van der Waals surface area contributed by atoms with E-state index in [1.165, 1.54) is 0 Å². The van der Waals surface area contributed by atoms with E-state index in [0.29, 0.717) is 5.69 Å². The molecule has 1 fully saturated rings. The molecule has 26 heavy (non-hydrogen) atoms. The van der Waals surface area contributed by atoms with Crippen LogP contribution in [0.25, 0.3) is 0 Å². The van der Waals surface area contributed by atoms with Gasteiger partial charge >= 0.3 is 0 Å². The van der Waals surface area contributed by atoms with Gasteiger partial charge in [-0.05, 0) is 54.9 Å². The molecule has 3 rings (SSSR count). The van der Waals surface area contributed by atoms with Gasteiger partial charge in [-0.1, -0.05) is 0 Å². The van der Waals surface area contributed by atoms with E-state index in [-0.39, 0.29) is 17.7 Å². The van der Waals surface area contributed by atoms with E-state index >= 15 is 0 Å². The largest absolute Gasteiger partial charge is 0.345 e. The molecule has 1 aliphatic heterocycles. The number of carbonyl (C=O) groups excluding carboxylic acids is 2. The number of nitrogens with zero attached hydrogens (tertiary/aromatic N) is 3. The number of halogens is 1. The Bertz CT molecular complexity index is 795. The highest BCUT2D eigenvalue weighted by molar-refractivity contribution is 9.10. The van der Waals surface area contributed by atoms with Crippen LogP contribution < -0.4 is 10.9 Å². The highest BCUT2D eigenvalue weighted by Crippen LogP contribution is 2.20. The number of aryl methyl sites for hydroxylation is 2. The number of nitrogens with one attached hydrogen (secondary N) is 2. The Labute approximate surface area is 164 Å². The van der Waals surface area contributed by atoms with Crippen LogP contribution in [0.1, 0.15) is 34.0 Å². The summed E-state index contributed by atoms with van der Waals surface area (Å²) in [6.07, 6.45) is 3.34. The van der Waals surface area contributed by atoms with Gasteiger partial charge in [-0.3, -0.25) is 25.3 Å². The Morgan fingerprint density at radius 3 is 2.65 bits per heavy atom. The molecule has 0 unspecified atom stereocenters. The van der Waals surface area contributed by atoms with Crippen LogP contribution in [-0.2, 0) is 18.4 Å². The summed E-state index contributed by atoms with van der Waals surface area (Å²) in [5.74, 6) is -0.539. The maximum Gasteiger partial charge on any atom is 0.286 e. The van der Waals surface area contributed by atoms with Gasteiger partial charge in [0, 0.05) is 35.6 Å². The maximum atomic E-state index is 12.3. The zero-order valence-corrected chi connectivity index (χ0v) is 17.2. The monoisotopic (exact) mass is 439 g/mol. The molecule has 9 heteroatoms. The van der Waals surface area contributed by atoms with Crippen molar-refractivity contribution in [3.63, 3.8) is 0 Å². The average Bonchev–Trinajstić information content (AvgIpc) is 3.17. The third-order valence-electron chi connectivity index (χ3n) is 4.51. The lowest BCUT2D eigenvalue weighted by molar-refractivity contribution is -0.127. The fraction of sp³-hybridized carbons (Fsp3) is 0.471. The molecule has 0 radical (unpaired) electrons. The summed E-state index contributed by atoms with van der Waals surface area (Å²) in [7, 11) is 1.78. The lowest BCUT2D eigenvalue weighted by Gasteiger charge is -2.30. The van der Waals surface area contributed by atoms with Crippen molar-refractivity contribution >= 4 is 39.1 Å². The highest BCUT2D eigenvalue weighted by atomic mass is 79.9. The molecule has 2 amide bonds. The zero-order valence-electron chi connectivity index (χ0n) is 14.8. The summed E-state index contributed by atoms with van der Waals surface area (Å²) in [6.45, 7) is 4.55. The van der Waals surface area contributed by atoms with E-state index in [2.05, 4.69) is 42.0 Å². The molecule has 0 aliphatic carbocycles. The fourth-order valence-corrected chi connectivity index (χ4v) is 4.23. The predicted octanol–water partition coefficient (Wildman–Crippen LogP) is 2.23. The molecule has 2 aromatic rings. The van der Waals surface area contributed by atoms with Crippen LogP contribution in [0.15, 0.2) is 22.1 Å². The molecule has 140 valence electrons. The van der Waals surface area contributed by atoms with Crippen molar-refractivity contribution in [2.24, 2.45) is 13.0 Å². The molecule has 1 aliphatic rings. The number of hydrogen-bond donors (Lipinski definition) is 2. The normalized spacial score (nSPS) is 15.8. The van der Waals surface area contributed by atoms with E-state index in [9.17, 15) is 9.59 Å².